The van der Waals surface area contributed by atoms with Crippen LogP contribution in [0.15, 0.2) is 11.1 Å². The van der Waals surface area contributed by atoms with Gasteiger partial charge in [0.1, 0.15) is 4.83 Å². The second-order valence-electron chi connectivity index (χ2n) is 9.32. The van der Waals surface area contributed by atoms with Gasteiger partial charge in [0.2, 0.25) is 6.41 Å². The highest BCUT2D eigenvalue weighted by molar-refractivity contribution is 7.18. The Bertz CT molecular complexity index is 962. The zero-order chi connectivity index (χ0) is 20.5. The molecule has 2 aromatic heterocycles. The van der Waals surface area contributed by atoms with E-state index >= 15 is 0 Å². The summed E-state index contributed by atoms with van der Waals surface area (Å²) in [4.78, 5) is 35.9. The molecule has 0 radical (unpaired) electrons. The van der Waals surface area contributed by atoms with Crippen LogP contribution in [0.1, 0.15) is 55.4 Å². The van der Waals surface area contributed by atoms with Crippen molar-refractivity contribution in [2.75, 3.05) is 26.2 Å². The van der Waals surface area contributed by atoms with Crippen LogP contribution in [0.4, 0.5) is 0 Å². The number of hydrogen-bond acceptors (Lipinski definition) is 5. The Kier molecular flexibility index (Phi) is 5.92. The second-order valence-corrected chi connectivity index (χ2v) is 10.4. The van der Waals surface area contributed by atoms with E-state index in [0.717, 1.165) is 75.0 Å². The molecule has 0 unspecified atom stereocenters. The van der Waals surface area contributed by atoms with Crippen LogP contribution in [0.5, 0.6) is 0 Å². The molecule has 0 bridgehead atoms. The summed E-state index contributed by atoms with van der Waals surface area (Å²) in [7, 11) is 0. The van der Waals surface area contributed by atoms with Crippen molar-refractivity contribution < 1.29 is 4.79 Å². The van der Waals surface area contributed by atoms with Crippen LogP contribution in [0, 0.1) is 5.92 Å². The van der Waals surface area contributed by atoms with Crippen LogP contribution in [-0.4, -0.2) is 58.0 Å². The van der Waals surface area contributed by atoms with E-state index in [9.17, 15) is 9.59 Å². The Morgan fingerprint density at radius 2 is 1.93 bits per heavy atom. The van der Waals surface area contributed by atoms with Crippen LogP contribution in [0.3, 0.4) is 0 Å². The van der Waals surface area contributed by atoms with E-state index in [1.165, 1.54) is 42.5 Å². The van der Waals surface area contributed by atoms with Gasteiger partial charge in [-0.25, -0.2) is 4.98 Å². The number of aromatic nitrogens is 2. The van der Waals surface area contributed by atoms with Gasteiger partial charge >= 0.3 is 0 Å². The van der Waals surface area contributed by atoms with Gasteiger partial charge in [-0.3, -0.25) is 19.1 Å². The Balaban J connectivity index is 1.36. The summed E-state index contributed by atoms with van der Waals surface area (Å²) in [5.74, 6) is 0.628. The molecule has 0 spiro atoms. The SMILES string of the molecule is O=CN1CCCN([C@H]2CCc3c(sc4ncn(CC5CCCCC5)c(=O)c34)C2)CC1. The number of thiophene rings is 1. The van der Waals surface area contributed by atoms with Gasteiger partial charge in [-0.05, 0) is 50.0 Å². The molecule has 3 heterocycles. The molecule has 2 aromatic rings. The van der Waals surface area contributed by atoms with Crippen molar-refractivity contribution in [3.05, 3.63) is 27.1 Å². The molecule has 162 valence electrons. The largest absolute Gasteiger partial charge is 0.344 e. The summed E-state index contributed by atoms with van der Waals surface area (Å²) >= 11 is 1.73. The molecule has 1 aliphatic heterocycles. The van der Waals surface area contributed by atoms with Gasteiger partial charge in [0.15, 0.2) is 0 Å². The van der Waals surface area contributed by atoms with Crippen molar-refractivity contribution in [1.29, 1.82) is 0 Å². The minimum absolute atomic E-state index is 0.179. The molecular formula is C23H32N4O2S. The standard InChI is InChI=1S/C23H32N4O2S/c28-16-25-9-4-10-26(12-11-25)18-7-8-19-20(13-18)30-22-21(19)23(29)27(15-24-22)14-17-5-2-1-3-6-17/h15-18H,1-14H2/t18-/m0/s1. The molecule has 0 N–H and O–H groups in total. The lowest BCUT2D eigenvalue weighted by molar-refractivity contribution is -0.118. The number of rotatable bonds is 4. The second kappa shape index (κ2) is 8.79. The van der Waals surface area contributed by atoms with Crippen molar-refractivity contribution >= 4 is 28.0 Å². The molecule has 2 fully saturated rings. The highest BCUT2D eigenvalue weighted by atomic mass is 32.1. The normalized spacial score (nSPS) is 24.0. The molecule has 1 saturated carbocycles. The molecule has 1 atom stereocenters. The summed E-state index contributed by atoms with van der Waals surface area (Å²) in [5, 5.41) is 0.898. The fraction of sp³-hybridized carbons (Fsp3) is 0.696. The summed E-state index contributed by atoms with van der Waals surface area (Å²) in [6, 6.07) is 0.515. The molecule has 0 aromatic carbocycles. The number of fused-ring (bicyclic) bond motifs is 3. The number of hydrogen-bond donors (Lipinski definition) is 0. The Morgan fingerprint density at radius 3 is 2.77 bits per heavy atom. The van der Waals surface area contributed by atoms with Crippen molar-refractivity contribution in [3.8, 4) is 0 Å². The van der Waals surface area contributed by atoms with Gasteiger partial charge in [-0.15, -0.1) is 11.3 Å². The van der Waals surface area contributed by atoms with Crippen LogP contribution >= 0.6 is 11.3 Å². The maximum absolute atomic E-state index is 13.3. The zero-order valence-electron chi connectivity index (χ0n) is 17.7. The van der Waals surface area contributed by atoms with Gasteiger partial charge < -0.3 is 4.90 Å². The minimum atomic E-state index is 0.179. The lowest BCUT2D eigenvalue weighted by Gasteiger charge is -2.33. The van der Waals surface area contributed by atoms with Crippen LogP contribution in [0.25, 0.3) is 10.2 Å². The molecule has 3 aliphatic rings. The molecular weight excluding hydrogens is 396 g/mol. The zero-order valence-corrected chi connectivity index (χ0v) is 18.5. The molecule has 1 amide bonds. The number of aryl methyl sites for hydroxylation is 1. The third-order valence-corrected chi connectivity index (χ3v) is 8.58. The summed E-state index contributed by atoms with van der Waals surface area (Å²) in [6.07, 6.45) is 13.3. The number of carbonyl (C=O) groups is 1. The lowest BCUT2D eigenvalue weighted by atomic mass is 9.89. The van der Waals surface area contributed by atoms with E-state index in [1.54, 1.807) is 17.7 Å². The fourth-order valence-electron chi connectivity index (χ4n) is 5.70. The first-order chi connectivity index (χ1) is 14.7. The first kappa shape index (κ1) is 20.2. The molecule has 6 nitrogen and oxygen atoms in total. The maximum atomic E-state index is 13.3. The molecule has 1 saturated heterocycles. The topological polar surface area (TPSA) is 58.4 Å². The summed E-state index contributed by atoms with van der Waals surface area (Å²) in [6.45, 7) is 4.53. The van der Waals surface area contributed by atoms with Crippen molar-refractivity contribution in [2.45, 2.75) is 70.4 Å². The number of carbonyl (C=O) groups excluding carboxylic acids is 1. The van der Waals surface area contributed by atoms with Gasteiger partial charge in [-0.2, -0.15) is 0 Å². The third-order valence-electron chi connectivity index (χ3n) is 7.42. The first-order valence-electron chi connectivity index (χ1n) is 11.7. The smallest absolute Gasteiger partial charge is 0.262 e. The average Bonchev–Trinajstić information content (AvgIpc) is 2.98. The van der Waals surface area contributed by atoms with Crippen LogP contribution in [-0.2, 0) is 24.2 Å². The van der Waals surface area contributed by atoms with Gasteiger partial charge in [-0.1, -0.05) is 19.3 Å². The molecule has 30 heavy (non-hydrogen) atoms. The first-order valence-corrected chi connectivity index (χ1v) is 12.5. The highest BCUT2D eigenvalue weighted by Crippen LogP contribution is 2.35. The molecule has 5 rings (SSSR count). The average molecular weight is 429 g/mol. The van der Waals surface area contributed by atoms with E-state index in [1.807, 2.05) is 9.47 Å². The van der Waals surface area contributed by atoms with Gasteiger partial charge in [0, 0.05) is 43.6 Å². The van der Waals surface area contributed by atoms with E-state index in [2.05, 4.69) is 4.90 Å². The lowest BCUT2D eigenvalue weighted by Crippen LogP contribution is -2.41. The summed E-state index contributed by atoms with van der Waals surface area (Å²) < 4.78 is 1.89. The summed E-state index contributed by atoms with van der Waals surface area (Å²) in [5.41, 5.74) is 1.45. The van der Waals surface area contributed by atoms with Crippen molar-refractivity contribution in [3.63, 3.8) is 0 Å². The Hall–Kier alpha value is -1.73. The van der Waals surface area contributed by atoms with E-state index in [4.69, 9.17) is 4.98 Å². The maximum Gasteiger partial charge on any atom is 0.262 e. The fourth-order valence-corrected chi connectivity index (χ4v) is 6.95. The van der Waals surface area contributed by atoms with Gasteiger partial charge in [0.25, 0.3) is 5.56 Å². The van der Waals surface area contributed by atoms with Crippen molar-refractivity contribution in [2.24, 2.45) is 5.92 Å². The predicted molar refractivity (Wildman–Crippen MR) is 120 cm³/mol. The predicted octanol–water partition coefficient (Wildman–Crippen LogP) is 3.06. The highest BCUT2D eigenvalue weighted by Gasteiger charge is 2.29. The molecule has 2 aliphatic carbocycles. The van der Waals surface area contributed by atoms with E-state index < -0.39 is 0 Å². The van der Waals surface area contributed by atoms with E-state index in [-0.39, 0.29) is 5.56 Å². The van der Waals surface area contributed by atoms with Gasteiger partial charge in [0.05, 0.1) is 11.7 Å². The quantitative estimate of drug-likeness (QED) is 0.703. The van der Waals surface area contributed by atoms with Crippen molar-refractivity contribution in [1.82, 2.24) is 19.4 Å². The Labute approximate surface area is 181 Å². The van der Waals surface area contributed by atoms with Crippen LogP contribution in [0.2, 0.25) is 0 Å². The van der Waals surface area contributed by atoms with E-state index in [0.29, 0.717) is 12.0 Å². The van der Waals surface area contributed by atoms with Crippen LogP contribution < -0.4 is 5.56 Å². The molecule has 7 heteroatoms. The number of amides is 1. The monoisotopic (exact) mass is 428 g/mol. The number of nitrogens with zero attached hydrogens (tertiary/aromatic N) is 4. The Morgan fingerprint density at radius 1 is 1.07 bits per heavy atom. The minimum Gasteiger partial charge on any atom is -0.344 e. The third kappa shape index (κ3) is 3.94.